The summed E-state index contributed by atoms with van der Waals surface area (Å²) in [5, 5.41) is 4.95. The number of furan rings is 1. The van der Waals surface area contributed by atoms with Gasteiger partial charge in [-0.25, -0.2) is 4.79 Å². The highest BCUT2D eigenvalue weighted by Gasteiger charge is 2.51. The first-order valence-electron chi connectivity index (χ1n) is 10.0. The lowest BCUT2D eigenvalue weighted by Crippen LogP contribution is -2.42. The average Bonchev–Trinajstić information content (AvgIpc) is 3.47. The van der Waals surface area contributed by atoms with Crippen molar-refractivity contribution in [2.45, 2.75) is 31.5 Å². The Morgan fingerprint density at radius 2 is 1.94 bits per heavy atom. The summed E-state index contributed by atoms with van der Waals surface area (Å²) in [6.45, 7) is 2.10. The van der Waals surface area contributed by atoms with E-state index < -0.39 is 41.7 Å². The van der Waals surface area contributed by atoms with Gasteiger partial charge in [-0.05, 0) is 50.1 Å². The molecule has 4 rings (SSSR count). The molecule has 2 fully saturated rings. The zero-order valence-electron chi connectivity index (χ0n) is 17.2. The van der Waals surface area contributed by atoms with Gasteiger partial charge in [0, 0.05) is 13.1 Å². The van der Waals surface area contributed by atoms with Crippen molar-refractivity contribution in [1.29, 1.82) is 0 Å². The fourth-order valence-corrected chi connectivity index (χ4v) is 3.95. The number of halogens is 3. The van der Waals surface area contributed by atoms with Crippen LogP contribution in [-0.4, -0.2) is 42.4 Å². The Bertz CT molecular complexity index is 1050. The second-order valence-corrected chi connectivity index (χ2v) is 7.90. The molecule has 0 saturated carbocycles. The molecule has 8 nitrogen and oxygen atoms in total. The van der Waals surface area contributed by atoms with Crippen molar-refractivity contribution in [1.82, 2.24) is 10.2 Å². The van der Waals surface area contributed by atoms with Crippen LogP contribution >= 0.6 is 0 Å². The SMILES string of the molecule is C[C@@]1(c2ccco2)NC(=O)N(CC(=O)Nc2cc(C(F)(F)F)ccc2N2CCCC2)C1=O. The van der Waals surface area contributed by atoms with Crippen LogP contribution < -0.4 is 15.5 Å². The third-order valence-corrected chi connectivity index (χ3v) is 5.64. The Balaban J connectivity index is 1.55. The minimum absolute atomic E-state index is 0.0208. The largest absolute Gasteiger partial charge is 0.466 e. The van der Waals surface area contributed by atoms with Gasteiger partial charge in [0.1, 0.15) is 12.3 Å². The van der Waals surface area contributed by atoms with Crippen LogP contribution in [0, 0.1) is 0 Å². The number of carbonyl (C=O) groups excluding carboxylic acids is 3. The van der Waals surface area contributed by atoms with Crippen LogP contribution in [0.2, 0.25) is 0 Å². The third-order valence-electron chi connectivity index (χ3n) is 5.64. The van der Waals surface area contributed by atoms with Crippen molar-refractivity contribution >= 4 is 29.2 Å². The summed E-state index contributed by atoms with van der Waals surface area (Å²) in [6, 6.07) is 5.44. The lowest BCUT2D eigenvalue weighted by atomic mass is 9.99. The van der Waals surface area contributed by atoms with Crippen molar-refractivity contribution in [3.8, 4) is 0 Å². The molecule has 4 amide bonds. The maximum Gasteiger partial charge on any atom is 0.416 e. The van der Waals surface area contributed by atoms with E-state index >= 15 is 0 Å². The van der Waals surface area contributed by atoms with E-state index in [4.69, 9.17) is 4.42 Å². The zero-order valence-corrected chi connectivity index (χ0v) is 17.2. The van der Waals surface area contributed by atoms with Crippen LogP contribution in [0.25, 0.3) is 0 Å². The Labute approximate surface area is 181 Å². The highest BCUT2D eigenvalue weighted by atomic mass is 19.4. The molecular formula is C21H21F3N4O4. The molecule has 0 bridgehead atoms. The molecule has 2 saturated heterocycles. The molecule has 1 aromatic heterocycles. The molecule has 1 aromatic carbocycles. The fraction of sp³-hybridized carbons (Fsp3) is 0.381. The monoisotopic (exact) mass is 450 g/mol. The number of alkyl halides is 3. The molecule has 0 aliphatic carbocycles. The number of hydrogen-bond donors (Lipinski definition) is 2. The Morgan fingerprint density at radius 3 is 2.56 bits per heavy atom. The molecule has 2 aliphatic rings. The van der Waals surface area contributed by atoms with E-state index in [1.54, 1.807) is 6.07 Å². The highest BCUT2D eigenvalue weighted by molar-refractivity contribution is 6.10. The summed E-state index contributed by atoms with van der Waals surface area (Å²) in [4.78, 5) is 40.5. The molecule has 0 radical (unpaired) electrons. The first kappa shape index (κ1) is 21.7. The average molecular weight is 450 g/mol. The van der Waals surface area contributed by atoms with Gasteiger partial charge in [0.25, 0.3) is 5.91 Å². The van der Waals surface area contributed by atoms with Gasteiger partial charge in [-0.2, -0.15) is 13.2 Å². The molecule has 2 N–H and O–H groups in total. The van der Waals surface area contributed by atoms with Gasteiger partial charge >= 0.3 is 12.2 Å². The van der Waals surface area contributed by atoms with Gasteiger partial charge in [0.2, 0.25) is 5.91 Å². The number of rotatable bonds is 5. The number of nitrogens with zero attached hydrogens (tertiary/aromatic N) is 2. The van der Waals surface area contributed by atoms with Crippen LogP contribution in [-0.2, 0) is 21.3 Å². The molecule has 1 atom stereocenters. The number of anilines is 2. The Kier molecular flexibility index (Phi) is 5.35. The summed E-state index contributed by atoms with van der Waals surface area (Å²) in [5.74, 6) is -1.29. The van der Waals surface area contributed by atoms with E-state index in [2.05, 4.69) is 10.6 Å². The fourth-order valence-electron chi connectivity index (χ4n) is 3.95. The normalized spacial score (nSPS) is 21.2. The summed E-state index contributed by atoms with van der Waals surface area (Å²) in [6.07, 6.45) is -1.45. The number of imide groups is 1. The van der Waals surface area contributed by atoms with Crippen LogP contribution in [0.15, 0.2) is 41.0 Å². The number of urea groups is 1. The third kappa shape index (κ3) is 3.90. The van der Waals surface area contributed by atoms with Crippen molar-refractivity contribution in [3.05, 3.63) is 47.9 Å². The molecule has 2 aliphatic heterocycles. The Morgan fingerprint density at radius 1 is 1.22 bits per heavy atom. The minimum atomic E-state index is -4.58. The van der Waals surface area contributed by atoms with Crippen LogP contribution in [0.3, 0.4) is 0 Å². The van der Waals surface area contributed by atoms with Crippen molar-refractivity contribution in [2.24, 2.45) is 0 Å². The first-order valence-corrected chi connectivity index (χ1v) is 10.0. The van der Waals surface area contributed by atoms with E-state index in [1.807, 2.05) is 4.90 Å². The predicted octanol–water partition coefficient (Wildman–Crippen LogP) is 3.30. The lowest BCUT2D eigenvalue weighted by molar-refractivity contribution is -0.137. The molecule has 170 valence electrons. The van der Waals surface area contributed by atoms with E-state index in [-0.39, 0.29) is 11.4 Å². The molecular weight excluding hydrogens is 429 g/mol. The molecule has 0 unspecified atom stereocenters. The lowest BCUT2D eigenvalue weighted by Gasteiger charge is -2.23. The van der Waals surface area contributed by atoms with E-state index in [1.165, 1.54) is 25.3 Å². The van der Waals surface area contributed by atoms with Crippen molar-refractivity contribution in [3.63, 3.8) is 0 Å². The summed E-state index contributed by atoms with van der Waals surface area (Å²) in [5.41, 5.74) is -1.94. The summed E-state index contributed by atoms with van der Waals surface area (Å²) >= 11 is 0. The van der Waals surface area contributed by atoms with Gasteiger partial charge in [-0.1, -0.05) is 0 Å². The van der Waals surface area contributed by atoms with Crippen molar-refractivity contribution < 1.29 is 32.0 Å². The first-order chi connectivity index (χ1) is 15.1. The highest BCUT2D eigenvalue weighted by Crippen LogP contribution is 2.36. The number of amides is 4. The maximum atomic E-state index is 13.2. The smallest absolute Gasteiger partial charge is 0.416 e. The van der Waals surface area contributed by atoms with Gasteiger partial charge in [-0.3, -0.25) is 14.5 Å². The predicted molar refractivity (Wildman–Crippen MR) is 108 cm³/mol. The van der Waals surface area contributed by atoms with Gasteiger partial charge in [-0.15, -0.1) is 0 Å². The van der Waals surface area contributed by atoms with Crippen LogP contribution in [0.4, 0.5) is 29.3 Å². The molecule has 32 heavy (non-hydrogen) atoms. The number of carbonyl (C=O) groups is 3. The minimum Gasteiger partial charge on any atom is -0.466 e. The van der Waals surface area contributed by atoms with E-state index in [9.17, 15) is 27.6 Å². The molecule has 2 aromatic rings. The number of hydrogen-bond acceptors (Lipinski definition) is 5. The van der Waals surface area contributed by atoms with Crippen molar-refractivity contribution in [2.75, 3.05) is 29.9 Å². The number of nitrogens with one attached hydrogen (secondary N) is 2. The molecule has 11 heteroatoms. The van der Waals surface area contributed by atoms with Gasteiger partial charge in [0.05, 0.1) is 23.2 Å². The standard InChI is InChI=1S/C21H21F3N4O4/c1-20(16-5-4-10-32-16)18(30)28(19(31)26-20)12-17(29)25-14-11-13(21(22,23)24)6-7-15(14)27-8-2-3-9-27/h4-7,10-11H,2-3,8-9,12H2,1H3,(H,25,29)(H,26,31)/t20-/m0/s1. The summed E-state index contributed by atoms with van der Waals surface area (Å²) < 4.78 is 44.9. The maximum absolute atomic E-state index is 13.2. The quantitative estimate of drug-likeness (QED) is 0.682. The number of benzene rings is 1. The molecule has 3 heterocycles. The van der Waals surface area contributed by atoms with Crippen LogP contribution in [0.1, 0.15) is 31.1 Å². The second-order valence-electron chi connectivity index (χ2n) is 7.90. The van der Waals surface area contributed by atoms with Gasteiger partial charge in [0.15, 0.2) is 5.54 Å². The Hall–Kier alpha value is -3.50. The topological polar surface area (TPSA) is 94.9 Å². The van der Waals surface area contributed by atoms with Gasteiger partial charge < -0.3 is 20.0 Å². The van der Waals surface area contributed by atoms with E-state index in [0.717, 1.165) is 25.0 Å². The second kappa shape index (κ2) is 7.88. The van der Waals surface area contributed by atoms with Crippen LogP contribution in [0.5, 0.6) is 0 Å². The summed E-state index contributed by atoms with van der Waals surface area (Å²) in [7, 11) is 0. The molecule has 0 spiro atoms. The zero-order chi connectivity index (χ0) is 23.1. The van der Waals surface area contributed by atoms with E-state index in [0.29, 0.717) is 23.7 Å².